The van der Waals surface area contributed by atoms with E-state index in [1.807, 2.05) is 6.26 Å². The van der Waals surface area contributed by atoms with Gasteiger partial charge in [0.2, 0.25) is 0 Å². The van der Waals surface area contributed by atoms with Crippen molar-refractivity contribution in [3.63, 3.8) is 0 Å². The van der Waals surface area contributed by atoms with Gasteiger partial charge in [0.1, 0.15) is 11.6 Å². The molecule has 8 heteroatoms. The fraction of sp³-hybridized carbons (Fsp3) is 0.0909. The van der Waals surface area contributed by atoms with Gasteiger partial charge in [-0.1, -0.05) is 35.0 Å². The second kappa shape index (κ2) is 6.17. The van der Waals surface area contributed by atoms with Crippen LogP contribution in [0.1, 0.15) is 0 Å². The van der Waals surface area contributed by atoms with E-state index < -0.39 is 0 Å². The van der Waals surface area contributed by atoms with Crippen molar-refractivity contribution in [2.75, 3.05) is 17.3 Å². The van der Waals surface area contributed by atoms with Gasteiger partial charge in [-0.3, -0.25) is 0 Å². The Morgan fingerprint density at radius 2 is 2.00 bits per heavy atom. The molecular weight excluding hydrogens is 371 g/mol. The smallest absolute Gasteiger partial charge is 0.191 e. The third-order valence-electron chi connectivity index (χ3n) is 2.21. The largest absolute Gasteiger partial charge is 0.383 e. The summed E-state index contributed by atoms with van der Waals surface area (Å²) in [6.07, 6.45) is 1.88. The molecule has 3 N–H and O–H groups in total. The summed E-state index contributed by atoms with van der Waals surface area (Å²) < 4.78 is 0.733. The standard InChI is InChI=1S/C11H9BrCl2N4S/c1-19-11-17-7(15)4-8(18-11)16-6-3-2-5(12)9(13)10(6)14/h2-4H,1H3,(H3,15,16,17,18). The Kier molecular flexibility index (Phi) is 4.78. The summed E-state index contributed by atoms with van der Waals surface area (Å²) in [6.45, 7) is 0. The number of hydrogen-bond acceptors (Lipinski definition) is 5. The molecule has 0 radical (unpaired) electrons. The van der Waals surface area contributed by atoms with Crippen LogP contribution >= 0.6 is 50.9 Å². The first kappa shape index (κ1) is 14.7. The van der Waals surface area contributed by atoms with Crippen LogP contribution in [0.15, 0.2) is 27.8 Å². The van der Waals surface area contributed by atoms with E-state index in [0.29, 0.717) is 32.5 Å². The molecule has 2 rings (SSSR count). The van der Waals surface area contributed by atoms with Gasteiger partial charge in [0, 0.05) is 10.5 Å². The summed E-state index contributed by atoms with van der Waals surface area (Å²) in [7, 11) is 0. The minimum atomic E-state index is 0.390. The lowest BCUT2D eigenvalue weighted by molar-refractivity contribution is 0.984. The van der Waals surface area contributed by atoms with E-state index >= 15 is 0 Å². The summed E-state index contributed by atoms with van der Waals surface area (Å²) in [5.74, 6) is 0.957. The SMILES string of the molecule is CSc1nc(N)cc(Nc2ccc(Br)c(Cl)c2Cl)n1. The fourth-order valence-electron chi connectivity index (χ4n) is 1.36. The summed E-state index contributed by atoms with van der Waals surface area (Å²) in [4.78, 5) is 8.36. The van der Waals surface area contributed by atoms with Crippen molar-refractivity contribution in [1.29, 1.82) is 0 Å². The zero-order valence-corrected chi connectivity index (χ0v) is 13.7. The highest BCUT2D eigenvalue weighted by Gasteiger charge is 2.10. The molecular formula is C11H9BrCl2N4S. The van der Waals surface area contributed by atoms with Gasteiger partial charge in [-0.25, -0.2) is 9.97 Å². The molecule has 0 saturated carbocycles. The number of aromatic nitrogens is 2. The first-order valence-electron chi connectivity index (χ1n) is 5.10. The summed E-state index contributed by atoms with van der Waals surface area (Å²) in [5.41, 5.74) is 6.36. The topological polar surface area (TPSA) is 63.8 Å². The molecule has 1 aromatic heterocycles. The van der Waals surface area contributed by atoms with Crippen LogP contribution < -0.4 is 11.1 Å². The van der Waals surface area contributed by atoms with Crippen LogP contribution in [0.2, 0.25) is 10.0 Å². The van der Waals surface area contributed by atoms with Crippen LogP contribution in [0.5, 0.6) is 0 Å². The molecule has 0 spiro atoms. The molecule has 1 heterocycles. The van der Waals surface area contributed by atoms with Gasteiger partial charge in [-0.2, -0.15) is 0 Å². The highest BCUT2D eigenvalue weighted by atomic mass is 79.9. The van der Waals surface area contributed by atoms with Crippen molar-refractivity contribution >= 4 is 68.2 Å². The van der Waals surface area contributed by atoms with Crippen LogP contribution in [0.3, 0.4) is 0 Å². The summed E-state index contributed by atoms with van der Waals surface area (Å²) in [6, 6.07) is 5.23. The van der Waals surface area contributed by atoms with E-state index in [1.165, 1.54) is 11.8 Å². The van der Waals surface area contributed by atoms with E-state index in [0.717, 1.165) is 4.47 Å². The quantitative estimate of drug-likeness (QED) is 0.463. The Hall–Kier alpha value is -0.690. The van der Waals surface area contributed by atoms with Crippen LogP contribution in [0.25, 0.3) is 0 Å². The molecule has 0 unspecified atom stereocenters. The van der Waals surface area contributed by atoms with Gasteiger partial charge in [-0.15, -0.1) is 0 Å². The van der Waals surface area contributed by atoms with Gasteiger partial charge in [0.15, 0.2) is 5.16 Å². The molecule has 19 heavy (non-hydrogen) atoms. The Morgan fingerprint density at radius 3 is 2.68 bits per heavy atom. The predicted molar refractivity (Wildman–Crippen MR) is 85.7 cm³/mol. The normalized spacial score (nSPS) is 10.5. The van der Waals surface area contributed by atoms with Crippen molar-refractivity contribution in [2.45, 2.75) is 5.16 Å². The van der Waals surface area contributed by atoms with E-state index in [-0.39, 0.29) is 0 Å². The molecule has 0 fully saturated rings. The fourth-order valence-corrected chi connectivity index (χ4v) is 2.57. The van der Waals surface area contributed by atoms with E-state index in [2.05, 4.69) is 31.2 Å². The second-order valence-electron chi connectivity index (χ2n) is 3.51. The third kappa shape index (κ3) is 3.45. The Labute approximate surface area is 133 Å². The molecule has 0 aliphatic carbocycles. The molecule has 2 aromatic rings. The molecule has 100 valence electrons. The lowest BCUT2D eigenvalue weighted by Crippen LogP contribution is -2.00. The van der Waals surface area contributed by atoms with E-state index in [9.17, 15) is 0 Å². The summed E-state index contributed by atoms with van der Waals surface area (Å²) >= 11 is 16.9. The molecule has 0 amide bonds. The Morgan fingerprint density at radius 1 is 1.26 bits per heavy atom. The molecule has 0 aliphatic rings. The van der Waals surface area contributed by atoms with Crippen LogP contribution in [-0.4, -0.2) is 16.2 Å². The minimum Gasteiger partial charge on any atom is -0.383 e. The Bertz CT molecular complexity index is 624. The highest BCUT2D eigenvalue weighted by molar-refractivity contribution is 9.10. The molecule has 0 saturated heterocycles. The van der Waals surface area contributed by atoms with Crippen LogP contribution in [0, 0.1) is 0 Å². The van der Waals surface area contributed by atoms with Gasteiger partial charge < -0.3 is 11.1 Å². The molecule has 0 atom stereocenters. The van der Waals surface area contributed by atoms with Crippen molar-refractivity contribution in [2.24, 2.45) is 0 Å². The average molecular weight is 380 g/mol. The minimum absolute atomic E-state index is 0.390. The van der Waals surface area contributed by atoms with Crippen molar-refractivity contribution in [1.82, 2.24) is 9.97 Å². The number of nitrogens with one attached hydrogen (secondary N) is 1. The van der Waals surface area contributed by atoms with Gasteiger partial charge >= 0.3 is 0 Å². The van der Waals surface area contributed by atoms with Crippen molar-refractivity contribution < 1.29 is 0 Å². The molecule has 1 aromatic carbocycles. The van der Waals surface area contributed by atoms with Gasteiger partial charge in [-0.05, 0) is 34.3 Å². The lowest BCUT2D eigenvalue weighted by Gasteiger charge is -2.10. The monoisotopic (exact) mass is 378 g/mol. The number of nitrogens with zero attached hydrogens (tertiary/aromatic N) is 2. The number of hydrogen-bond donors (Lipinski definition) is 2. The lowest BCUT2D eigenvalue weighted by atomic mass is 10.3. The molecule has 4 nitrogen and oxygen atoms in total. The number of benzene rings is 1. The highest BCUT2D eigenvalue weighted by Crippen LogP contribution is 2.37. The van der Waals surface area contributed by atoms with Crippen molar-refractivity contribution in [3.8, 4) is 0 Å². The molecule has 0 bridgehead atoms. The van der Waals surface area contributed by atoms with Crippen LogP contribution in [0.4, 0.5) is 17.3 Å². The Balaban J connectivity index is 2.36. The average Bonchev–Trinajstić information content (AvgIpc) is 2.39. The number of thioether (sulfide) groups is 1. The predicted octanol–water partition coefficient (Wildman–Crippen LogP) is 4.59. The zero-order chi connectivity index (χ0) is 14.0. The van der Waals surface area contributed by atoms with Gasteiger partial charge in [0.05, 0.1) is 15.7 Å². The number of rotatable bonds is 3. The van der Waals surface area contributed by atoms with E-state index in [4.69, 9.17) is 28.9 Å². The van der Waals surface area contributed by atoms with E-state index in [1.54, 1.807) is 18.2 Å². The summed E-state index contributed by atoms with van der Waals surface area (Å²) in [5, 5.41) is 4.52. The first-order valence-corrected chi connectivity index (χ1v) is 7.87. The number of nitrogens with two attached hydrogens (primary N) is 1. The zero-order valence-electron chi connectivity index (χ0n) is 9.75. The second-order valence-corrected chi connectivity index (χ2v) is 5.90. The molecule has 0 aliphatic heterocycles. The first-order chi connectivity index (χ1) is 9.01. The maximum Gasteiger partial charge on any atom is 0.191 e. The maximum absolute atomic E-state index is 6.16. The number of anilines is 3. The third-order valence-corrected chi connectivity index (χ3v) is 4.52. The number of halogens is 3. The number of nitrogen functional groups attached to an aromatic ring is 1. The van der Waals surface area contributed by atoms with Gasteiger partial charge in [0.25, 0.3) is 0 Å². The maximum atomic E-state index is 6.16. The van der Waals surface area contributed by atoms with Crippen LogP contribution in [-0.2, 0) is 0 Å². The van der Waals surface area contributed by atoms with Crippen molar-refractivity contribution in [3.05, 3.63) is 32.7 Å².